The predicted molar refractivity (Wildman–Crippen MR) is 37.1 cm³/mol. The third kappa shape index (κ3) is 1.29. The highest BCUT2D eigenvalue weighted by Crippen LogP contribution is 2.28. The van der Waals surface area contributed by atoms with E-state index in [1.807, 2.05) is 0 Å². The van der Waals surface area contributed by atoms with Crippen LogP contribution >= 0.6 is 0 Å². The number of nitrogens with one attached hydrogen (secondary N) is 1. The highest BCUT2D eigenvalue weighted by molar-refractivity contribution is 5.49. The minimum atomic E-state index is -0.332. The van der Waals surface area contributed by atoms with Crippen LogP contribution in [0.4, 0.5) is 0 Å². The molecule has 10 heavy (non-hydrogen) atoms. The summed E-state index contributed by atoms with van der Waals surface area (Å²) >= 11 is 0. The smallest absolute Gasteiger partial charge is 0.309 e. The van der Waals surface area contributed by atoms with Crippen LogP contribution < -0.4 is 5.32 Å². The molecule has 57 valence electrons. The van der Waals surface area contributed by atoms with E-state index >= 15 is 0 Å². The van der Waals surface area contributed by atoms with Gasteiger partial charge in [0.25, 0.3) is 0 Å². The second kappa shape index (κ2) is 3.01. The molecule has 1 aliphatic carbocycles. The van der Waals surface area contributed by atoms with Crippen LogP contribution in [0, 0.1) is 0 Å². The Morgan fingerprint density at radius 3 is 2.50 bits per heavy atom. The molecule has 0 aliphatic heterocycles. The van der Waals surface area contributed by atoms with Crippen molar-refractivity contribution in [2.45, 2.75) is 31.2 Å². The van der Waals surface area contributed by atoms with Crippen molar-refractivity contribution < 1.29 is 9.90 Å². The molecule has 1 saturated carbocycles. The Hall–Kier alpha value is -0.570. The number of amides is 1. The summed E-state index contributed by atoms with van der Waals surface area (Å²) < 4.78 is 0. The van der Waals surface area contributed by atoms with E-state index in [1.54, 1.807) is 6.41 Å². The fourth-order valence-electron chi connectivity index (χ4n) is 1.48. The van der Waals surface area contributed by atoms with Crippen LogP contribution in [0.2, 0.25) is 0 Å². The molecule has 2 N–H and O–H groups in total. The first-order valence-electron chi connectivity index (χ1n) is 3.58. The van der Waals surface area contributed by atoms with Crippen molar-refractivity contribution in [1.29, 1.82) is 0 Å². The largest absolute Gasteiger partial charge is 0.394 e. The molecule has 1 rings (SSSR count). The SMILES string of the molecule is O=[C]NC1(CO)CCCC1. The van der Waals surface area contributed by atoms with Crippen molar-refractivity contribution in [2.24, 2.45) is 0 Å². The van der Waals surface area contributed by atoms with Gasteiger partial charge in [0.2, 0.25) is 0 Å². The molecule has 1 amide bonds. The highest BCUT2D eigenvalue weighted by atomic mass is 16.3. The zero-order valence-corrected chi connectivity index (χ0v) is 5.89. The monoisotopic (exact) mass is 142 g/mol. The van der Waals surface area contributed by atoms with Gasteiger partial charge in [-0.1, -0.05) is 12.8 Å². The lowest BCUT2D eigenvalue weighted by molar-refractivity contribution is 0.181. The quantitative estimate of drug-likeness (QED) is 0.543. The molecule has 3 heteroatoms. The Kier molecular flexibility index (Phi) is 2.27. The van der Waals surface area contributed by atoms with E-state index in [0.29, 0.717) is 0 Å². The molecule has 1 radical (unpaired) electrons. The van der Waals surface area contributed by atoms with Crippen LogP contribution in [-0.4, -0.2) is 23.7 Å². The second-order valence-electron chi connectivity index (χ2n) is 2.87. The summed E-state index contributed by atoms with van der Waals surface area (Å²) in [6.45, 7) is 0.0439. The Labute approximate surface area is 60.4 Å². The predicted octanol–water partition coefficient (Wildman–Crippen LogP) is -0.0517. The van der Waals surface area contributed by atoms with Gasteiger partial charge in [-0.2, -0.15) is 0 Å². The minimum Gasteiger partial charge on any atom is -0.394 e. The molecule has 0 unspecified atom stereocenters. The molecule has 0 spiro atoms. The van der Waals surface area contributed by atoms with E-state index in [4.69, 9.17) is 5.11 Å². The molecule has 1 aliphatic rings. The summed E-state index contributed by atoms with van der Waals surface area (Å²) in [5.74, 6) is 0. The maximum absolute atomic E-state index is 9.98. The summed E-state index contributed by atoms with van der Waals surface area (Å²) in [4.78, 5) is 9.98. The average Bonchev–Trinajstić information content (AvgIpc) is 2.39. The van der Waals surface area contributed by atoms with Crippen molar-refractivity contribution in [3.63, 3.8) is 0 Å². The first-order chi connectivity index (χ1) is 4.83. The van der Waals surface area contributed by atoms with Crippen LogP contribution in [0.25, 0.3) is 0 Å². The van der Waals surface area contributed by atoms with Crippen LogP contribution in [0.15, 0.2) is 0 Å². The van der Waals surface area contributed by atoms with E-state index in [0.717, 1.165) is 25.7 Å². The molecule has 0 atom stereocenters. The van der Waals surface area contributed by atoms with E-state index in [1.165, 1.54) is 0 Å². The minimum absolute atomic E-state index is 0.0439. The maximum atomic E-state index is 9.98. The number of hydrogen-bond acceptors (Lipinski definition) is 2. The van der Waals surface area contributed by atoms with Crippen molar-refractivity contribution in [3.8, 4) is 0 Å². The summed E-state index contributed by atoms with van der Waals surface area (Å²) in [6, 6.07) is 0. The van der Waals surface area contributed by atoms with Gasteiger partial charge in [0, 0.05) is 0 Å². The highest BCUT2D eigenvalue weighted by Gasteiger charge is 2.32. The Bertz CT molecular complexity index is 119. The van der Waals surface area contributed by atoms with Gasteiger partial charge in [-0.15, -0.1) is 0 Å². The van der Waals surface area contributed by atoms with Gasteiger partial charge < -0.3 is 10.4 Å². The van der Waals surface area contributed by atoms with E-state index in [-0.39, 0.29) is 12.1 Å². The third-order valence-electron chi connectivity index (χ3n) is 2.18. The van der Waals surface area contributed by atoms with Gasteiger partial charge in [-0.25, -0.2) is 0 Å². The average molecular weight is 142 g/mol. The van der Waals surface area contributed by atoms with Gasteiger partial charge in [-0.3, -0.25) is 4.79 Å². The number of rotatable bonds is 3. The summed E-state index contributed by atoms with van der Waals surface area (Å²) in [7, 11) is 0. The lowest BCUT2D eigenvalue weighted by atomic mass is 10.00. The number of aliphatic hydroxyl groups excluding tert-OH is 1. The molecule has 0 aromatic carbocycles. The summed E-state index contributed by atoms with van der Waals surface area (Å²) in [5.41, 5.74) is -0.332. The maximum Gasteiger partial charge on any atom is 0.309 e. The number of hydrogen-bond donors (Lipinski definition) is 2. The fourth-order valence-corrected chi connectivity index (χ4v) is 1.48. The zero-order valence-electron chi connectivity index (χ0n) is 5.89. The molecule has 0 bridgehead atoms. The molecule has 0 saturated heterocycles. The topological polar surface area (TPSA) is 49.3 Å². The number of aliphatic hydroxyl groups is 1. The summed E-state index contributed by atoms with van der Waals surface area (Å²) in [6.07, 6.45) is 5.60. The lowest BCUT2D eigenvalue weighted by Crippen LogP contribution is -2.45. The molecule has 0 heterocycles. The fraction of sp³-hybridized carbons (Fsp3) is 0.857. The second-order valence-corrected chi connectivity index (χ2v) is 2.87. The van der Waals surface area contributed by atoms with Crippen molar-refractivity contribution in [3.05, 3.63) is 0 Å². The van der Waals surface area contributed by atoms with E-state index < -0.39 is 0 Å². The third-order valence-corrected chi connectivity index (χ3v) is 2.18. The van der Waals surface area contributed by atoms with Gasteiger partial charge >= 0.3 is 6.41 Å². The molecule has 0 aromatic heterocycles. The first kappa shape index (κ1) is 7.54. The van der Waals surface area contributed by atoms with Crippen molar-refractivity contribution in [2.75, 3.05) is 6.61 Å². The van der Waals surface area contributed by atoms with Gasteiger partial charge in [0.05, 0.1) is 12.1 Å². The Morgan fingerprint density at radius 1 is 1.50 bits per heavy atom. The van der Waals surface area contributed by atoms with Crippen molar-refractivity contribution in [1.82, 2.24) is 5.32 Å². The zero-order chi connectivity index (χ0) is 7.45. The molecular formula is C7H12NO2. The van der Waals surface area contributed by atoms with Gasteiger partial charge in [-0.05, 0) is 12.8 Å². The standard InChI is InChI=1S/C7H12NO2/c9-5-7(8-6-10)3-1-2-4-7/h9H,1-5H2,(H,8,10). The number of carbonyl (C=O) groups excluding carboxylic acids is 1. The molecule has 1 fully saturated rings. The normalized spacial score (nSPS) is 22.5. The molecule has 3 nitrogen and oxygen atoms in total. The van der Waals surface area contributed by atoms with Gasteiger partial charge in [0.15, 0.2) is 0 Å². The van der Waals surface area contributed by atoms with Crippen LogP contribution in [0.1, 0.15) is 25.7 Å². The molecule has 0 aromatic rings. The van der Waals surface area contributed by atoms with Crippen LogP contribution in [0.3, 0.4) is 0 Å². The first-order valence-corrected chi connectivity index (χ1v) is 3.58. The summed E-state index contributed by atoms with van der Waals surface area (Å²) in [5, 5.41) is 11.5. The Morgan fingerprint density at radius 2 is 2.10 bits per heavy atom. The van der Waals surface area contributed by atoms with Crippen LogP contribution in [0.5, 0.6) is 0 Å². The molecular weight excluding hydrogens is 130 g/mol. The van der Waals surface area contributed by atoms with E-state index in [9.17, 15) is 4.79 Å². The van der Waals surface area contributed by atoms with Gasteiger partial charge in [0.1, 0.15) is 0 Å². The van der Waals surface area contributed by atoms with Crippen molar-refractivity contribution >= 4 is 6.41 Å². The lowest BCUT2D eigenvalue weighted by Gasteiger charge is -2.24. The van der Waals surface area contributed by atoms with Crippen LogP contribution in [-0.2, 0) is 4.79 Å². The Balaban J connectivity index is 2.48. The van der Waals surface area contributed by atoms with E-state index in [2.05, 4.69) is 5.32 Å².